The summed E-state index contributed by atoms with van der Waals surface area (Å²) >= 11 is 0. The number of hydrogen-bond acceptors (Lipinski definition) is 4. The van der Waals surface area contributed by atoms with Crippen LogP contribution in [-0.4, -0.2) is 39.9 Å². The molecule has 2 N–H and O–H groups in total. The zero-order valence-electron chi connectivity index (χ0n) is 12.9. The van der Waals surface area contributed by atoms with E-state index in [1.54, 1.807) is 18.2 Å². The van der Waals surface area contributed by atoms with Crippen molar-refractivity contribution in [2.75, 3.05) is 37.8 Å². The molecule has 114 valence electrons. The van der Waals surface area contributed by atoms with Gasteiger partial charge in [0.25, 0.3) is 0 Å². The number of anilines is 2. The monoisotopic (exact) mass is 299 g/mol. The molecule has 0 heterocycles. The van der Waals surface area contributed by atoms with E-state index in [0.717, 1.165) is 18.8 Å². The van der Waals surface area contributed by atoms with Gasteiger partial charge in [0.1, 0.15) is 0 Å². The van der Waals surface area contributed by atoms with Crippen LogP contribution < -0.4 is 10.6 Å². The molecular weight excluding hydrogens is 274 g/mol. The lowest BCUT2D eigenvalue weighted by molar-refractivity contribution is 0.520. The summed E-state index contributed by atoms with van der Waals surface area (Å²) in [6.07, 6.45) is 0. The van der Waals surface area contributed by atoms with Gasteiger partial charge in [0.2, 0.25) is 10.0 Å². The van der Waals surface area contributed by atoms with E-state index in [1.165, 1.54) is 18.4 Å². The number of benzene rings is 1. The molecule has 1 rings (SSSR count). The maximum atomic E-state index is 12.2. The quantitative estimate of drug-likeness (QED) is 0.816. The lowest BCUT2D eigenvalue weighted by atomic mass is 10.1. The fourth-order valence-corrected chi connectivity index (χ4v) is 2.93. The van der Waals surface area contributed by atoms with Gasteiger partial charge in [-0.3, -0.25) is 0 Å². The minimum absolute atomic E-state index is 0.272. The lowest BCUT2D eigenvalue weighted by Gasteiger charge is -2.27. The summed E-state index contributed by atoms with van der Waals surface area (Å²) in [7, 11) is -0.386. The van der Waals surface area contributed by atoms with Gasteiger partial charge in [-0.15, -0.1) is 0 Å². The van der Waals surface area contributed by atoms with Crippen LogP contribution in [0.15, 0.2) is 23.1 Å². The third-order valence-electron chi connectivity index (χ3n) is 3.09. The molecule has 0 unspecified atom stereocenters. The third-order valence-corrected chi connectivity index (χ3v) is 4.90. The van der Waals surface area contributed by atoms with Crippen LogP contribution in [0.5, 0.6) is 0 Å². The summed E-state index contributed by atoms with van der Waals surface area (Å²) in [6, 6.07) is 4.88. The van der Waals surface area contributed by atoms with E-state index in [0.29, 0.717) is 11.6 Å². The molecule has 0 saturated carbocycles. The Morgan fingerprint density at radius 2 is 1.85 bits per heavy atom. The van der Waals surface area contributed by atoms with E-state index in [-0.39, 0.29) is 4.90 Å². The number of nitrogens with zero attached hydrogens (tertiary/aromatic N) is 2. The topological polar surface area (TPSA) is 66.6 Å². The molecule has 0 amide bonds. The summed E-state index contributed by atoms with van der Waals surface area (Å²) in [5.41, 5.74) is 7.39. The SMILES string of the molecule is CCN(CC(C)C)c1cc(S(=O)(=O)N(C)C)ccc1N. The maximum Gasteiger partial charge on any atom is 0.242 e. The number of sulfonamides is 1. The van der Waals surface area contributed by atoms with Crippen molar-refractivity contribution >= 4 is 21.4 Å². The molecule has 0 fully saturated rings. The summed E-state index contributed by atoms with van der Waals surface area (Å²) in [4.78, 5) is 2.38. The van der Waals surface area contributed by atoms with Crippen LogP contribution in [-0.2, 0) is 10.0 Å². The van der Waals surface area contributed by atoms with Crippen molar-refractivity contribution < 1.29 is 8.42 Å². The van der Waals surface area contributed by atoms with Crippen molar-refractivity contribution in [3.05, 3.63) is 18.2 Å². The Morgan fingerprint density at radius 1 is 1.25 bits per heavy atom. The van der Waals surface area contributed by atoms with Gasteiger partial charge in [-0.1, -0.05) is 13.8 Å². The summed E-state index contributed by atoms with van der Waals surface area (Å²) in [5, 5.41) is 0. The molecule has 0 aromatic heterocycles. The minimum atomic E-state index is -3.44. The number of nitrogens with two attached hydrogens (primary N) is 1. The van der Waals surface area contributed by atoms with Crippen molar-refractivity contribution in [3.8, 4) is 0 Å². The van der Waals surface area contributed by atoms with Gasteiger partial charge < -0.3 is 10.6 Å². The molecule has 0 atom stereocenters. The van der Waals surface area contributed by atoms with Gasteiger partial charge >= 0.3 is 0 Å². The van der Waals surface area contributed by atoms with Gasteiger partial charge in [0.15, 0.2) is 0 Å². The van der Waals surface area contributed by atoms with Crippen molar-refractivity contribution in [1.82, 2.24) is 4.31 Å². The summed E-state index contributed by atoms with van der Waals surface area (Å²) < 4.78 is 25.6. The molecule has 20 heavy (non-hydrogen) atoms. The summed E-state index contributed by atoms with van der Waals surface area (Å²) in [5.74, 6) is 0.475. The normalized spacial score (nSPS) is 12.2. The first kappa shape index (κ1) is 16.8. The second kappa shape index (κ2) is 6.45. The second-order valence-corrected chi connectivity index (χ2v) is 7.59. The standard InChI is InChI=1S/C14H25N3O2S/c1-6-17(10-11(2)3)14-9-12(7-8-13(14)15)20(18,19)16(4)5/h7-9,11H,6,10,15H2,1-5H3. The van der Waals surface area contributed by atoms with Crippen molar-refractivity contribution in [3.63, 3.8) is 0 Å². The van der Waals surface area contributed by atoms with Crippen molar-refractivity contribution in [1.29, 1.82) is 0 Å². The van der Waals surface area contributed by atoms with Crippen LogP contribution in [0.4, 0.5) is 11.4 Å². The predicted molar refractivity (Wildman–Crippen MR) is 84.5 cm³/mol. The molecule has 0 spiro atoms. The molecule has 0 aliphatic rings. The molecule has 0 bridgehead atoms. The Balaban J connectivity index is 3.28. The van der Waals surface area contributed by atoms with Crippen molar-refractivity contribution in [2.45, 2.75) is 25.7 Å². The Kier molecular flexibility index (Phi) is 5.42. The fraction of sp³-hybridized carbons (Fsp3) is 0.571. The predicted octanol–water partition coefficient (Wildman–Crippen LogP) is 2.00. The Labute approximate surface area is 122 Å². The lowest BCUT2D eigenvalue weighted by Crippen LogP contribution is -2.28. The van der Waals surface area contributed by atoms with Gasteiger partial charge in [0, 0.05) is 27.2 Å². The van der Waals surface area contributed by atoms with E-state index in [9.17, 15) is 8.42 Å². The highest BCUT2D eigenvalue weighted by molar-refractivity contribution is 7.89. The molecule has 1 aromatic carbocycles. The largest absolute Gasteiger partial charge is 0.397 e. The molecular formula is C14H25N3O2S. The van der Waals surface area contributed by atoms with Crippen LogP contribution in [0.3, 0.4) is 0 Å². The van der Waals surface area contributed by atoms with Gasteiger partial charge in [-0.2, -0.15) is 0 Å². The van der Waals surface area contributed by atoms with E-state index in [1.807, 2.05) is 6.92 Å². The highest BCUT2D eigenvalue weighted by atomic mass is 32.2. The second-order valence-electron chi connectivity index (χ2n) is 5.44. The van der Waals surface area contributed by atoms with Crippen molar-refractivity contribution in [2.24, 2.45) is 5.92 Å². The molecule has 6 heteroatoms. The molecule has 0 radical (unpaired) electrons. The van der Waals surface area contributed by atoms with E-state index >= 15 is 0 Å². The number of hydrogen-bond donors (Lipinski definition) is 1. The average Bonchev–Trinajstić information content (AvgIpc) is 2.36. The Hall–Kier alpha value is -1.27. The number of rotatable bonds is 6. The molecule has 0 aliphatic carbocycles. The van der Waals surface area contributed by atoms with Crippen LogP contribution in [0.25, 0.3) is 0 Å². The average molecular weight is 299 g/mol. The van der Waals surface area contributed by atoms with Gasteiger partial charge in [-0.05, 0) is 31.0 Å². The van der Waals surface area contributed by atoms with Crippen LogP contribution in [0.2, 0.25) is 0 Å². The molecule has 0 saturated heterocycles. The van der Waals surface area contributed by atoms with Crippen LogP contribution in [0.1, 0.15) is 20.8 Å². The van der Waals surface area contributed by atoms with E-state index in [4.69, 9.17) is 5.73 Å². The molecule has 1 aromatic rings. The van der Waals surface area contributed by atoms with E-state index < -0.39 is 10.0 Å². The number of nitrogen functional groups attached to an aromatic ring is 1. The van der Waals surface area contributed by atoms with Crippen LogP contribution in [0, 0.1) is 5.92 Å². The zero-order chi connectivity index (χ0) is 15.5. The van der Waals surface area contributed by atoms with Gasteiger partial charge in [-0.25, -0.2) is 12.7 Å². The first-order chi connectivity index (χ1) is 9.20. The molecule has 0 aliphatic heterocycles. The minimum Gasteiger partial charge on any atom is -0.397 e. The third kappa shape index (κ3) is 3.64. The Morgan fingerprint density at radius 3 is 2.30 bits per heavy atom. The fourth-order valence-electron chi connectivity index (χ4n) is 2.01. The highest BCUT2D eigenvalue weighted by Crippen LogP contribution is 2.28. The van der Waals surface area contributed by atoms with Crippen LogP contribution >= 0.6 is 0 Å². The maximum absolute atomic E-state index is 12.2. The first-order valence-corrected chi connectivity index (χ1v) is 8.21. The Bertz CT molecular complexity index is 554. The van der Waals surface area contributed by atoms with Gasteiger partial charge in [0.05, 0.1) is 16.3 Å². The smallest absolute Gasteiger partial charge is 0.242 e. The highest BCUT2D eigenvalue weighted by Gasteiger charge is 2.20. The molecule has 5 nitrogen and oxygen atoms in total. The zero-order valence-corrected chi connectivity index (χ0v) is 13.7. The first-order valence-electron chi connectivity index (χ1n) is 6.77. The van der Waals surface area contributed by atoms with E-state index in [2.05, 4.69) is 18.7 Å². The summed E-state index contributed by atoms with van der Waals surface area (Å²) in [6.45, 7) is 7.91.